The molecule has 6 nitrogen and oxygen atoms in total. The summed E-state index contributed by atoms with van der Waals surface area (Å²) in [6.07, 6.45) is 7.19. The maximum absolute atomic E-state index is 12.5. The molecule has 0 aliphatic carbocycles. The van der Waals surface area contributed by atoms with Crippen LogP contribution in [-0.2, 0) is 11.4 Å². The molecule has 1 fully saturated rings. The number of aromatic nitrogens is 2. The Bertz CT molecular complexity index is 1040. The van der Waals surface area contributed by atoms with Gasteiger partial charge in [-0.2, -0.15) is 5.10 Å². The Morgan fingerprint density at radius 2 is 1.94 bits per heavy atom. The molecule has 0 saturated carbocycles. The van der Waals surface area contributed by atoms with Crippen LogP contribution in [0.25, 0.3) is 6.08 Å². The second-order valence-electron chi connectivity index (χ2n) is 8.00. The molecule has 6 heteroatoms. The molecule has 0 bridgehead atoms. The average Bonchev–Trinajstić information content (AvgIpc) is 3.30. The number of likely N-dealkylation sites (tertiary alicyclic amines) is 1. The molecule has 1 aromatic heterocycles. The van der Waals surface area contributed by atoms with E-state index in [4.69, 9.17) is 4.74 Å². The van der Waals surface area contributed by atoms with Crippen molar-refractivity contribution in [2.24, 2.45) is 0 Å². The summed E-state index contributed by atoms with van der Waals surface area (Å²) < 4.78 is 7.83. The van der Waals surface area contributed by atoms with E-state index in [2.05, 4.69) is 22.2 Å². The number of anilines is 1. The van der Waals surface area contributed by atoms with E-state index in [1.807, 2.05) is 65.3 Å². The Morgan fingerprint density at radius 1 is 1.12 bits per heavy atom. The van der Waals surface area contributed by atoms with Crippen molar-refractivity contribution in [3.63, 3.8) is 0 Å². The highest BCUT2D eigenvalue weighted by Gasteiger charge is 2.22. The minimum absolute atomic E-state index is 0.173. The van der Waals surface area contributed by atoms with Crippen LogP contribution in [-0.4, -0.2) is 40.2 Å². The van der Waals surface area contributed by atoms with Gasteiger partial charge in [-0.15, -0.1) is 0 Å². The smallest absolute Gasteiger partial charge is 0.249 e. The zero-order chi connectivity index (χ0) is 22.2. The standard InChI is InChI=1S/C26H30N4O2/c1-2-29-17-14-23(15-18-29)30-25(13-16-27-30)28-26(31)12-11-21-9-6-10-24(19-21)32-20-22-7-4-3-5-8-22/h3-13,16,19,23H,2,14-15,17-18,20H2,1H3,(H,28,31)/b12-11+. The first-order valence-electron chi connectivity index (χ1n) is 11.2. The molecule has 0 radical (unpaired) electrons. The fourth-order valence-corrected chi connectivity index (χ4v) is 3.97. The number of nitrogens with zero attached hydrogens (tertiary/aromatic N) is 3. The first-order valence-corrected chi connectivity index (χ1v) is 11.2. The van der Waals surface area contributed by atoms with Crippen LogP contribution in [0.3, 0.4) is 0 Å². The number of benzene rings is 2. The molecule has 0 atom stereocenters. The van der Waals surface area contributed by atoms with E-state index in [0.717, 1.165) is 55.2 Å². The number of hydrogen-bond donors (Lipinski definition) is 1. The van der Waals surface area contributed by atoms with Crippen LogP contribution in [0.1, 0.15) is 36.9 Å². The minimum atomic E-state index is -0.173. The van der Waals surface area contributed by atoms with Gasteiger partial charge in [0, 0.05) is 25.2 Å². The van der Waals surface area contributed by atoms with Crippen molar-refractivity contribution in [3.8, 4) is 5.75 Å². The van der Waals surface area contributed by atoms with Gasteiger partial charge in [0.05, 0.1) is 12.2 Å². The van der Waals surface area contributed by atoms with Gasteiger partial charge in [-0.1, -0.05) is 49.4 Å². The van der Waals surface area contributed by atoms with Crippen LogP contribution in [0, 0.1) is 0 Å². The predicted octanol–water partition coefficient (Wildman–Crippen LogP) is 4.77. The van der Waals surface area contributed by atoms with E-state index in [0.29, 0.717) is 12.6 Å². The van der Waals surface area contributed by atoms with Gasteiger partial charge in [0.15, 0.2) is 0 Å². The first kappa shape index (κ1) is 21.8. The third-order valence-corrected chi connectivity index (χ3v) is 5.81. The van der Waals surface area contributed by atoms with E-state index >= 15 is 0 Å². The summed E-state index contributed by atoms with van der Waals surface area (Å²) in [5.74, 6) is 1.34. The monoisotopic (exact) mass is 430 g/mol. The fraction of sp³-hybridized carbons (Fsp3) is 0.308. The van der Waals surface area contributed by atoms with Gasteiger partial charge in [0.2, 0.25) is 5.91 Å². The van der Waals surface area contributed by atoms with Gasteiger partial charge in [-0.25, -0.2) is 4.68 Å². The van der Waals surface area contributed by atoms with Crippen LogP contribution in [0.4, 0.5) is 5.82 Å². The lowest BCUT2D eigenvalue weighted by molar-refractivity contribution is -0.111. The Kier molecular flexibility index (Phi) is 7.35. The maximum Gasteiger partial charge on any atom is 0.249 e. The number of ether oxygens (including phenoxy) is 1. The third-order valence-electron chi connectivity index (χ3n) is 5.81. The molecule has 1 N–H and O–H groups in total. The molecule has 2 aromatic carbocycles. The number of carbonyl (C=O) groups is 1. The number of amides is 1. The Balaban J connectivity index is 1.33. The van der Waals surface area contributed by atoms with Crippen molar-refractivity contribution < 1.29 is 9.53 Å². The molecule has 3 aromatic rings. The normalized spacial score (nSPS) is 15.2. The Labute approximate surface area is 189 Å². The highest BCUT2D eigenvalue weighted by atomic mass is 16.5. The molecule has 0 unspecified atom stereocenters. The predicted molar refractivity (Wildman–Crippen MR) is 127 cm³/mol. The van der Waals surface area contributed by atoms with Crippen molar-refractivity contribution >= 4 is 17.8 Å². The highest BCUT2D eigenvalue weighted by molar-refractivity contribution is 6.01. The zero-order valence-electron chi connectivity index (χ0n) is 18.5. The summed E-state index contributed by atoms with van der Waals surface area (Å²) in [6, 6.07) is 20.0. The van der Waals surface area contributed by atoms with E-state index in [1.165, 1.54) is 0 Å². The van der Waals surface area contributed by atoms with Gasteiger partial charge in [-0.3, -0.25) is 4.79 Å². The molecular formula is C26H30N4O2. The number of nitrogens with one attached hydrogen (secondary N) is 1. The van der Waals surface area contributed by atoms with Crippen molar-refractivity contribution in [2.45, 2.75) is 32.4 Å². The number of carbonyl (C=O) groups excluding carboxylic acids is 1. The molecule has 4 rings (SSSR count). The van der Waals surface area contributed by atoms with E-state index in [9.17, 15) is 4.79 Å². The number of rotatable bonds is 8. The fourth-order valence-electron chi connectivity index (χ4n) is 3.97. The lowest BCUT2D eigenvalue weighted by Crippen LogP contribution is -2.35. The summed E-state index contributed by atoms with van der Waals surface area (Å²) >= 11 is 0. The summed E-state index contributed by atoms with van der Waals surface area (Å²) in [4.78, 5) is 15.0. The molecule has 2 heterocycles. The van der Waals surface area contributed by atoms with Crippen molar-refractivity contribution in [1.82, 2.24) is 14.7 Å². The van der Waals surface area contributed by atoms with Gasteiger partial charge >= 0.3 is 0 Å². The molecule has 166 valence electrons. The number of piperidine rings is 1. The summed E-state index contributed by atoms with van der Waals surface area (Å²) in [6.45, 7) is 5.92. The molecule has 1 aliphatic heterocycles. The summed E-state index contributed by atoms with van der Waals surface area (Å²) in [5, 5.41) is 7.44. The molecule has 0 spiro atoms. The molecular weight excluding hydrogens is 400 g/mol. The largest absolute Gasteiger partial charge is 0.489 e. The third kappa shape index (κ3) is 5.86. The van der Waals surface area contributed by atoms with Crippen molar-refractivity contribution in [2.75, 3.05) is 25.0 Å². The lowest BCUT2D eigenvalue weighted by Gasteiger charge is -2.31. The van der Waals surface area contributed by atoms with Crippen LogP contribution >= 0.6 is 0 Å². The lowest BCUT2D eigenvalue weighted by atomic mass is 10.1. The van der Waals surface area contributed by atoms with Crippen LogP contribution in [0.15, 0.2) is 72.9 Å². The van der Waals surface area contributed by atoms with Crippen molar-refractivity contribution in [3.05, 3.63) is 84.1 Å². The topological polar surface area (TPSA) is 59.4 Å². The van der Waals surface area contributed by atoms with Gasteiger partial charge in [0.1, 0.15) is 18.2 Å². The van der Waals surface area contributed by atoms with Gasteiger partial charge in [-0.05, 0) is 48.7 Å². The van der Waals surface area contributed by atoms with Gasteiger partial charge < -0.3 is 15.0 Å². The Morgan fingerprint density at radius 3 is 2.72 bits per heavy atom. The van der Waals surface area contributed by atoms with Crippen LogP contribution < -0.4 is 10.1 Å². The first-order chi connectivity index (χ1) is 15.7. The SMILES string of the molecule is CCN1CCC(n2nccc2NC(=O)/C=C/c2cccc(OCc3ccccc3)c2)CC1. The molecule has 1 aliphatic rings. The second-order valence-corrected chi connectivity index (χ2v) is 8.00. The maximum atomic E-state index is 12.5. The van der Waals surface area contributed by atoms with Crippen LogP contribution in [0.5, 0.6) is 5.75 Å². The quantitative estimate of drug-likeness (QED) is 0.523. The summed E-state index contributed by atoms with van der Waals surface area (Å²) in [7, 11) is 0. The molecule has 1 amide bonds. The highest BCUT2D eigenvalue weighted by Crippen LogP contribution is 2.25. The van der Waals surface area contributed by atoms with E-state index in [-0.39, 0.29) is 5.91 Å². The van der Waals surface area contributed by atoms with Crippen molar-refractivity contribution in [1.29, 1.82) is 0 Å². The Hall–Kier alpha value is -3.38. The summed E-state index contributed by atoms with van der Waals surface area (Å²) in [5.41, 5.74) is 2.02. The van der Waals surface area contributed by atoms with Gasteiger partial charge in [0.25, 0.3) is 0 Å². The average molecular weight is 431 g/mol. The zero-order valence-corrected chi connectivity index (χ0v) is 18.5. The molecule has 1 saturated heterocycles. The number of hydrogen-bond acceptors (Lipinski definition) is 4. The molecule has 32 heavy (non-hydrogen) atoms. The van der Waals surface area contributed by atoms with E-state index < -0.39 is 0 Å². The van der Waals surface area contributed by atoms with Crippen LogP contribution in [0.2, 0.25) is 0 Å². The second kappa shape index (κ2) is 10.8. The minimum Gasteiger partial charge on any atom is -0.489 e. The van der Waals surface area contributed by atoms with E-state index in [1.54, 1.807) is 18.3 Å².